The number of para-hydroxylation sites is 1. The second-order valence-electron chi connectivity index (χ2n) is 6.41. The van der Waals surface area contributed by atoms with Crippen molar-refractivity contribution < 1.29 is 4.79 Å². The highest BCUT2D eigenvalue weighted by Gasteiger charge is 2.18. The second kappa shape index (κ2) is 6.97. The molecule has 0 saturated carbocycles. The topological polar surface area (TPSA) is 64.9 Å². The van der Waals surface area contributed by atoms with Crippen molar-refractivity contribution in [1.29, 1.82) is 5.26 Å². The normalized spacial score (nSPS) is 10.7. The summed E-state index contributed by atoms with van der Waals surface area (Å²) in [7, 11) is 0. The molecule has 2 aromatic rings. The number of nitrogens with zero attached hydrogens (tertiary/aromatic N) is 1. The van der Waals surface area contributed by atoms with Crippen molar-refractivity contribution >= 4 is 11.7 Å². The summed E-state index contributed by atoms with van der Waals surface area (Å²) in [5.74, 6) is 0. The van der Waals surface area contributed by atoms with Crippen molar-refractivity contribution in [3.8, 4) is 6.07 Å². The Kier molecular flexibility index (Phi) is 5.02. The summed E-state index contributed by atoms with van der Waals surface area (Å²) in [6, 6.07) is 16.8. The molecular formula is C19H21N3O. The fourth-order valence-electron chi connectivity index (χ4n) is 2.29. The molecule has 0 fully saturated rings. The van der Waals surface area contributed by atoms with Gasteiger partial charge in [-0.15, -0.1) is 0 Å². The van der Waals surface area contributed by atoms with Crippen LogP contribution in [0.3, 0.4) is 0 Å². The Bertz CT molecular complexity index is 722. The molecule has 118 valence electrons. The molecule has 2 rings (SSSR count). The smallest absolute Gasteiger partial charge is 0.319 e. The third-order valence-corrected chi connectivity index (χ3v) is 3.52. The molecule has 4 nitrogen and oxygen atoms in total. The number of hydrogen-bond donors (Lipinski definition) is 2. The Morgan fingerprint density at radius 3 is 2.35 bits per heavy atom. The predicted molar refractivity (Wildman–Crippen MR) is 92.2 cm³/mol. The first kappa shape index (κ1) is 16.6. The van der Waals surface area contributed by atoms with Crippen LogP contribution in [-0.2, 0) is 12.0 Å². The van der Waals surface area contributed by atoms with Crippen LogP contribution in [0, 0.1) is 11.3 Å². The van der Waals surface area contributed by atoms with Gasteiger partial charge < -0.3 is 10.6 Å². The van der Waals surface area contributed by atoms with Crippen LogP contribution in [0.4, 0.5) is 10.5 Å². The highest BCUT2D eigenvalue weighted by molar-refractivity contribution is 5.90. The molecule has 0 spiro atoms. The van der Waals surface area contributed by atoms with E-state index in [0.29, 0.717) is 12.1 Å². The van der Waals surface area contributed by atoms with Gasteiger partial charge in [-0.1, -0.05) is 51.1 Å². The van der Waals surface area contributed by atoms with Gasteiger partial charge in [0.2, 0.25) is 0 Å². The van der Waals surface area contributed by atoms with Crippen molar-refractivity contribution in [2.24, 2.45) is 0 Å². The highest BCUT2D eigenvalue weighted by Crippen LogP contribution is 2.29. The zero-order chi connectivity index (χ0) is 16.9. The molecular weight excluding hydrogens is 286 g/mol. The number of benzene rings is 2. The molecule has 0 saturated heterocycles. The number of rotatable bonds is 3. The van der Waals surface area contributed by atoms with Gasteiger partial charge in [0, 0.05) is 12.2 Å². The maximum absolute atomic E-state index is 12.1. The van der Waals surface area contributed by atoms with Crippen LogP contribution in [-0.4, -0.2) is 6.03 Å². The third-order valence-electron chi connectivity index (χ3n) is 3.52. The average Bonchev–Trinajstić information content (AvgIpc) is 2.53. The minimum absolute atomic E-state index is 0.0446. The third kappa shape index (κ3) is 4.58. The summed E-state index contributed by atoms with van der Waals surface area (Å²) in [6.07, 6.45) is 0. The van der Waals surface area contributed by atoms with E-state index in [9.17, 15) is 4.79 Å². The largest absolute Gasteiger partial charge is 0.334 e. The maximum atomic E-state index is 12.1. The average molecular weight is 307 g/mol. The van der Waals surface area contributed by atoms with Crippen molar-refractivity contribution in [3.05, 3.63) is 65.2 Å². The van der Waals surface area contributed by atoms with Crippen LogP contribution in [0.2, 0.25) is 0 Å². The Balaban J connectivity index is 1.99. The first-order chi connectivity index (χ1) is 10.9. The minimum atomic E-state index is -0.244. The van der Waals surface area contributed by atoms with Crippen LogP contribution >= 0.6 is 0 Å². The van der Waals surface area contributed by atoms with Gasteiger partial charge in [-0.3, -0.25) is 0 Å². The highest BCUT2D eigenvalue weighted by atomic mass is 16.2. The SMILES string of the molecule is CC(C)(C)c1ccccc1NC(=O)NCc1ccc(C#N)cc1. The molecule has 0 aliphatic rings. The molecule has 4 heteroatoms. The molecule has 0 atom stereocenters. The lowest BCUT2D eigenvalue weighted by atomic mass is 9.86. The molecule has 2 amide bonds. The number of hydrogen-bond acceptors (Lipinski definition) is 2. The van der Waals surface area contributed by atoms with Crippen LogP contribution in [0.1, 0.15) is 37.5 Å². The molecule has 0 unspecified atom stereocenters. The van der Waals surface area contributed by atoms with E-state index in [1.165, 1.54) is 0 Å². The van der Waals surface area contributed by atoms with E-state index in [4.69, 9.17) is 5.26 Å². The van der Waals surface area contributed by atoms with Crippen LogP contribution in [0.25, 0.3) is 0 Å². The van der Waals surface area contributed by atoms with Gasteiger partial charge in [-0.2, -0.15) is 5.26 Å². The zero-order valence-corrected chi connectivity index (χ0v) is 13.7. The number of carbonyl (C=O) groups excluding carboxylic acids is 1. The minimum Gasteiger partial charge on any atom is -0.334 e. The van der Waals surface area contributed by atoms with E-state index in [-0.39, 0.29) is 11.4 Å². The number of amides is 2. The van der Waals surface area contributed by atoms with Crippen LogP contribution in [0.15, 0.2) is 48.5 Å². The fraction of sp³-hybridized carbons (Fsp3) is 0.263. The van der Waals surface area contributed by atoms with E-state index in [1.807, 2.05) is 36.4 Å². The molecule has 0 aromatic heterocycles. The molecule has 0 bridgehead atoms. The standard InChI is InChI=1S/C19H21N3O/c1-19(2,3)16-6-4-5-7-17(16)22-18(23)21-13-15-10-8-14(12-20)9-11-15/h4-11H,13H2,1-3H3,(H2,21,22,23). The van der Waals surface area contributed by atoms with Crippen molar-refractivity contribution in [2.75, 3.05) is 5.32 Å². The van der Waals surface area contributed by atoms with Gasteiger partial charge in [0.25, 0.3) is 0 Å². The summed E-state index contributed by atoms with van der Waals surface area (Å²) < 4.78 is 0. The first-order valence-electron chi connectivity index (χ1n) is 7.53. The lowest BCUT2D eigenvalue weighted by Gasteiger charge is -2.23. The monoisotopic (exact) mass is 307 g/mol. The van der Waals surface area contributed by atoms with Gasteiger partial charge in [0.15, 0.2) is 0 Å². The Morgan fingerprint density at radius 2 is 1.74 bits per heavy atom. The van der Waals surface area contributed by atoms with E-state index in [1.54, 1.807) is 12.1 Å². The lowest BCUT2D eigenvalue weighted by Crippen LogP contribution is -2.29. The lowest BCUT2D eigenvalue weighted by molar-refractivity contribution is 0.251. The number of urea groups is 1. The summed E-state index contributed by atoms with van der Waals surface area (Å²) in [5.41, 5.74) is 3.42. The van der Waals surface area contributed by atoms with Crippen LogP contribution in [0.5, 0.6) is 0 Å². The van der Waals surface area contributed by atoms with Crippen molar-refractivity contribution in [3.63, 3.8) is 0 Å². The summed E-state index contributed by atoms with van der Waals surface area (Å²) >= 11 is 0. The van der Waals surface area contributed by atoms with Crippen LogP contribution < -0.4 is 10.6 Å². The Hall–Kier alpha value is -2.80. The summed E-state index contributed by atoms with van der Waals surface area (Å²) in [5, 5.41) is 14.5. The zero-order valence-electron chi connectivity index (χ0n) is 13.7. The number of nitrogens with one attached hydrogen (secondary N) is 2. The Labute approximate surface area is 137 Å². The van der Waals surface area contributed by atoms with E-state index >= 15 is 0 Å². The van der Waals surface area contributed by atoms with E-state index in [0.717, 1.165) is 16.8 Å². The number of nitriles is 1. The Morgan fingerprint density at radius 1 is 1.09 bits per heavy atom. The molecule has 2 aromatic carbocycles. The quantitative estimate of drug-likeness (QED) is 0.893. The molecule has 0 aliphatic carbocycles. The fourth-order valence-corrected chi connectivity index (χ4v) is 2.29. The molecule has 0 aliphatic heterocycles. The summed E-state index contributed by atoms with van der Waals surface area (Å²) in [6.45, 7) is 6.75. The molecule has 0 radical (unpaired) electrons. The maximum Gasteiger partial charge on any atom is 0.319 e. The van der Waals surface area contributed by atoms with Gasteiger partial charge in [-0.05, 0) is 34.7 Å². The molecule has 23 heavy (non-hydrogen) atoms. The second-order valence-corrected chi connectivity index (χ2v) is 6.41. The van der Waals surface area contributed by atoms with Gasteiger partial charge >= 0.3 is 6.03 Å². The summed E-state index contributed by atoms with van der Waals surface area (Å²) in [4.78, 5) is 12.1. The predicted octanol–water partition coefficient (Wildman–Crippen LogP) is 4.18. The van der Waals surface area contributed by atoms with Gasteiger partial charge in [-0.25, -0.2) is 4.79 Å². The number of carbonyl (C=O) groups is 1. The van der Waals surface area contributed by atoms with E-state index < -0.39 is 0 Å². The van der Waals surface area contributed by atoms with Gasteiger partial charge in [0.05, 0.1) is 11.6 Å². The van der Waals surface area contributed by atoms with Crippen molar-refractivity contribution in [2.45, 2.75) is 32.7 Å². The molecule has 0 heterocycles. The van der Waals surface area contributed by atoms with Gasteiger partial charge in [0.1, 0.15) is 0 Å². The van der Waals surface area contributed by atoms with Crippen molar-refractivity contribution in [1.82, 2.24) is 5.32 Å². The first-order valence-corrected chi connectivity index (χ1v) is 7.53. The number of anilines is 1. The van der Waals surface area contributed by atoms with E-state index in [2.05, 4.69) is 37.5 Å². The molecule has 2 N–H and O–H groups in total.